The fourth-order valence-corrected chi connectivity index (χ4v) is 3.06. The number of ether oxygens (including phenoxy) is 3. The average Bonchev–Trinajstić information content (AvgIpc) is 3.15. The maximum atomic E-state index is 12.3. The smallest absolute Gasteiger partial charge is 0.319 e. The van der Waals surface area contributed by atoms with Crippen LogP contribution in [0, 0.1) is 0 Å². The van der Waals surface area contributed by atoms with Crippen LogP contribution < -0.4 is 25.0 Å². The lowest BCUT2D eigenvalue weighted by Gasteiger charge is -2.30. The van der Waals surface area contributed by atoms with Crippen LogP contribution in [0.5, 0.6) is 11.5 Å². The van der Waals surface area contributed by atoms with Crippen molar-refractivity contribution in [3.05, 3.63) is 48.0 Å². The molecule has 0 aromatic heterocycles. The Balaban J connectivity index is 1.37. The maximum absolute atomic E-state index is 12.3. The van der Waals surface area contributed by atoms with Gasteiger partial charge in [-0.3, -0.25) is 0 Å². The van der Waals surface area contributed by atoms with Gasteiger partial charge >= 0.3 is 6.03 Å². The Kier molecular flexibility index (Phi) is 4.79. The minimum absolute atomic E-state index is 0.241. The minimum atomic E-state index is -0.247. The van der Waals surface area contributed by atoms with Gasteiger partial charge in [0.2, 0.25) is 6.79 Å². The Bertz CT molecular complexity index is 790. The number of para-hydroxylation sites is 2. The van der Waals surface area contributed by atoms with E-state index in [9.17, 15) is 4.79 Å². The van der Waals surface area contributed by atoms with Gasteiger partial charge in [0.1, 0.15) is 0 Å². The molecule has 2 aromatic rings. The summed E-state index contributed by atoms with van der Waals surface area (Å²) in [6.45, 7) is 3.68. The first kappa shape index (κ1) is 16.5. The van der Waals surface area contributed by atoms with Gasteiger partial charge < -0.3 is 29.7 Å². The molecule has 2 aliphatic rings. The molecule has 0 radical (unpaired) electrons. The number of hydrogen-bond donors (Lipinski definition) is 2. The number of rotatable bonds is 4. The quantitative estimate of drug-likeness (QED) is 0.882. The highest BCUT2D eigenvalue weighted by Gasteiger charge is 2.16. The molecular formula is C19H21N3O4. The highest BCUT2D eigenvalue weighted by atomic mass is 16.7. The van der Waals surface area contributed by atoms with Crippen LogP contribution in [0.2, 0.25) is 0 Å². The lowest BCUT2D eigenvalue weighted by molar-refractivity contribution is 0.123. The van der Waals surface area contributed by atoms with Gasteiger partial charge in [-0.25, -0.2) is 4.79 Å². The van der Waals surface area contributed by atoms with Crippen molar-refractivity contribution in [3.8, 4) is 11.5 Å². The second kappa shape index (κ2) is 7.53. The Morgan fingerprint density at radius 1 is 1.04 bits per heavy atom. The molecule has 0 spiro atoms. The Labute approximate surface area is 151 Å². The summed E-state index contributed by atoms with van der Waals surface area (Å²) in [6, 6.07) is 13.2. The molecule has 1 fully saturated rings. The third kappa shape index (κ3) is 3.67. The topological polar surface area (TPSA) is 72.1 Å². The van der Waals surface area contributed by atoms with Crippen LogP contribution in [-0.4, -0.2) is 39.1 Å². The van der Waals surface area contributed by atoms with E-state index in [0.29, 0.717) is 25.5 Å². The maximum Gasteiger partial charge on any atom is 0.319 e. The molecule has 1 saturated heterocycles. The average molecular weight is 355 g/mol. The van der Waals surface area contributed by atoms with Gasteiger partial charge in [-0.1, -0.05) is 18.2 Å². The number of anilines is 2. The summed E-state index contributed by atoms with van der Waals surface area (Å²) >= 11 is 0. The van der Waals surface area contributed by atoms with Crippen LogP contribution >= 0.6 is 0 Å². The van der Waals surface area contributed by atoms with Crippen molar-refractivity contribution in [2.24, 2.45) is 0 Å². The molecule has 7 heteroatoms. The van der Waals surface area contributed by atoms with Crippen LogP contribution in [-0.2, 0) is 11.3 Å². The summed E-state index contributed by atoms with van der Waals surface area (Å²) in [6.07, 6.45) is 0. The molecule has 0 atom stereocenters. The number of carbonyl (C=O) groups is 1. The van der Waals surface area contributed by atoms with Crippen LogP contribution in [0.3, 0.4) is 0 Å². The lowest BCUT2D eigenvalue weighted by atomic mass is 10.2. The minimum Gasteiger partial charge on any atom is -0.454 e. The first-order chi connectivity index (χ1) is 12.8. The van der Waals surface area contributed by atoms with E-state index in [0.717, 1.165) is 35.8 Å². The molecule has 136 valence electrons. The van der Waals surface area contributed by atoms with Crippen LogP contribution in [0.1, 0.15) is 5.56 Å². The molecule has 4 rings (SSSR count). The van der Waals surface area contributed by atoms with Gasteiger partial charge in [0.25, 0.3) is 0 Å². The van der Waals surface area contributed by atoms with Gasteiger partial charge in [-0.15, -0.1) is 0 Å². The number of fused-ring (bicyclic) bond motifs is 1. The third-order valence-corrected chi connectivity index (χ3v) is 4.39. The molecule has 0 bridgehead atoms. The molecule has 2 N–H and O–H groups in total. The monoisotopic (exact) mass is 355 g/mol. The normalized spacial score (nSPS) is 15.6. The highest BCUT2D eigenvalue weighted by Crippen LogP contribution is 2.32. The van der Waals surface area contributed by atoms with Gasteiger partial charge in [0, 0.05) is 19.6 Å². The van der Waals surface area contributed by atoms with Crippen molar-refractivity contribution >= 4 is 17.4 Å². The van der Waals surface area contributed by atoms with Crippen molar-refractivity contribution in [1.82, 2.24) is 5.32 Å². The number of carbonyl (C=O) groups excluding carboxylic acids is 1. The van der Waals surface area contributed by atoms with E-state index in [1.807, 2.05) is 42.5 Å². The number of nitrogens with one attached hydrogen (secondary N) is 2. The van der Waals surface area contributed by atoms with Crippen molar-refractivity contribution in [3.63, 3.8) is 0 Å². The number of amides is 2. The fraction of sp³-hybridized carbons (Fsp3) is 0.316. The van der Waals surface area contributed by atoms with Crippen molar-refractivity contribution in [2.75, 3.05) is 43.3 Å². The molecule has 0 aliphatic carbocycles. The van der Waals surface area contributed by atoms with Gasteiger partial charge in [0.15, 0.2) is 11.5 Å². The fourth-order valence-electron chi connectivity index (χ4n) is 3.06. The zero-order chi connectivity index (χ0) is 17.8. The number of hydrogen-bond acceptors (Lipinski definition) is 5. The number of benzene rings is 2. The second-order valence-corrected chi connectivity index (χ2v) is 6.11. The lowest BCUT2D eigenvalue weighted by Crippen LogP contribution is -2.37. The molecule has 2 aliphatic heterocycles. The van der Waals surface area contributed by atoms with E-state index in [-0.39, 0.29) is 12.8 Å². The van der Waals surface area contributed by atoms with E-state index < -0.39 is 0 Å². The number of nitrogens with zero attached hydrogens (tertiary/aromatic N) is 1. The van der Waals surface area contributed by atoms with E-state index >= 15 is 0 Å². The molecule has 0 saturated carbocycles. The first-order valence-electron chi connectivity index (χ1n) is 8.65. The molecule has 0 unspecified atom stereocenters. The molecule has 7 nitrogen and oxygen atoms in total. The van der Waals surface area contributed by atoms with Gasteiger partial charge in [-0.2, -0.15) is 0 Å². The van der Waals surface area contributed by atoms with E-state index in [4.69, 9.17) is 14.2 Å². The third-order valence-electron chi connectivity index (χ3n) is 4.39. The summed E-state index contributed by atoms with van der Waals surface area (Å²) in [7, 11) is 0. The number of morpholine rings is 1. The summed E-state index contributed by atoms with van der Waals surface area (Å²) in [4.78, 5) is 14.6. The van der Waals surface area contributed by atoms with Crippen molar-refractivity contribution in [2.45, 2.75) is 6.54 Å². The Morgan fingerprint density at radius 3 is 2.73 bits per heavy atom. The second-order valence-electron chi connectivity index (χ2n) is 6.11. The summed E-state index contributed by atoms with van der Waals surface area (Å²) in [5, 5.41) is 5.82. The predicted octanol–water partition coefficient (Wildman–Crippen LogP) is 2.57. The molecule has 2 aromatic carbocycles. The van der Waals surface area contributed by atoms with Crippen LogP contribution in [0.25, 0.3) is 0 Å². The van der Waals surface area contributed by atoms with Crippen LogP contribution in [0.4, 0.5) is 16.2 Å². The highest BCUT2D eigenvalue weighted by molar-refractivity contribution is 5.93. The summed E-state index contributed by atoms with van der Waals surface area (Å²) in [5.41, 5.74) is 2.75. The zero-order valence-corrected chi connectivity index (χ0v) is 14.4. The van der Waals surface area contributed by atoms with E-state index in [2.05, 4.69) is 15.5 Å². The van der Waals surface area contributed by atoms with Crippen molar-refractivity contribution < 1.29 is 19.0 Å². The zero-order valence-electron chi connectivity index (χ0n) is 14.4. The number of urea groups is 1. The van der Waals surface area contributed by atoms with Crippen LogP contribution in [0.15, 0.2) is 42.5 Å². The van der Waals surface area contributed by atoms with E-state index in [1.54, 1.807) is 0 Å². The van der Waals surface area contributed by atoms with Crippen molar-refractivity contribution in [1.29, 1.82) is 0 Å². The predicted molar refractivity (Wildman–Crippen MR) is 97.9 cm³/mol. The largest absolute Gasteiger partial charge is 0.454 e. The Morgan fingerprint density at radius 2 is 1.85 bits per heavy atom. The molecule has 2 heterocycles. The SMILES string of the molecule is O=C(NCc1ccc2c(c1)OCO2)Nc1ccccc1N1CCOCC1. The van der Waals surface area contributed by atoms with Gasteiger partial charge in [0.05, 0.1) is 24.6 Å². The standard InChI is InChI=1S/C19H21N3O4/c23-19(20-12-14-5-6-17-18(11-14)26-13-25-17)21-15-3-1-2-4-16(15)22-7-9-24-10-8-22/h1-6,11H,7-10,12-13H2,(H2,20,21,23). The molecular weight excluding hydrogens is 334 g/mol. The summed E-state index contributed by atoms with van der Waals surface area (Å²) < 4.78 is 16.1. The first-order valence-corrected chi connectivity index (χ1v) is 8.65. The van der Waals surface area contributed by atoms with E-state index in [1.165, 1.54) is 0 Å². The molecule has 2 amide bonds. The summed E-state index contributed by atoms with van der Waals surface area (Å²) in [5.74, 6) is 1.44. The molecule has 26 heavy (non-hydrogen) atoms. The Hall–Kier alpha value is -2.93. The van der Waals surface area contributed by atoms with Gasteiger partial charge in [-0.05, 0) is 29.8 Å².